The van der Waals surface area contributed by atoms with Crippen molar-refractivity contribution in [2.24, 2.45) is 5.73 Å². The molecule has 0 saturated heterocycles. The van der Waals surface area contributed by atoms with E-state index in [1.807, 2.05) is 6.07 Å². The van der Waals surface area contributed by atoms with Crippen LogP contribution < -0.4 is 11.5 Å². The second-order valence-corrected chi connectivity index (χ2v) is 2.71. The quantitative estimate of drug-likeness (QED) is 0.701. The molecule has 2 heterocycles. The topological polar surface area (TPSA) is 104 Å². The van der Waals surface area contributed by atoms with Crippen LogP contribution >= 0.6 is 0 Å². The second-order valence-electron chi connectivity index (χ2n) is 2.71. The molecule has 0 aliphatic heterocycles. The van der Waals surface area contributed by atoms with E-state index in [0.29, 0.717) is 18.1 Å². The predicted molar refractivity (Wildman–Crippen MR) is 49.8 cm³/mol. The Morgan fingerprint density at radius 3 is 2.71 bits per heavy atom. The number of nitrogens with zero attached hydrogens (tertiary/aromatic N) is 3. The number of anilines is 1. The first-order chi connectivity index (χ1) is 6.79. The third-order valence-corrected chi connectivity index (χ3v) is 1.72. The van der Waals surface area contributed by atoms with Crippen LogP contribution in [0.5, 0.6) is 0 Å². The summed E-state index contributed by atoms with van der Waals surface area (Å²) in [5, 5.41) is 3.46. The van der Waals surface area contributed by atoms with Crippen molar-refractivity contribution in [2.75, 3.05) is 5.73 Å². The smallest absolute Gasteiger partial charge is 0.278 e. The lowest BCUT2D eigenvalue weighted by molar-refractivity contribution is 0.431. The maximum Gasteiger partial charge on any atom is 0.278 e. The van der Waals surface area contributed by atoms with E-state index < -0.39 is 0 Å². The van der Waals surface area contributed by atoms with Gasteiger partial charge < -0.3 is 16.0 Å². The highest BCUT2D eigenvalue weighted by Gasteiger charge is 2.07. The molecule has 6 heteroatoms. The summed E-state index contributed by atoms with van der Waals surface area (Å²) in [6.45, 7) is 0.458. The molecule has 0 aromatic carbocycles. The number of hydrogen-bond acceptors (Lipinski definition) is 6. The lowest BCUT2D eigenvalue weighted by Crippen LogP contribution is -1.96. The Labute approximate surface area is 79.9 Å². The van der Waals surface area contributed by atoms with Crippen LogP contribution in [0.1, 0.15) is 5.56 Å². The number of hydrogen-bond donors (Lipinski definition) is 2. The first-order valence-corrected chi connectivity index (χ1v) is 4.04. The van der Waals surface area contributed by atoms with Crippen molar-refractivity contribution < 1.29 is 4.52 Å². The molecular weight excluding hydrogens is 182 g/mol. The van der Waals surface area contributed by atoms with Gasteiger partial charge in [0, 0.05) is 12.7 Å². The van der Waals surface area contributed by atoms with Crippen LogP contribution in [0.4, 0.5) is 5.95 Å². The van der Waals surface area contributed by atoms with Gasteiger partial charge in [-0.15, -0.1) is 0 Å². The highest BCUT2D eigenvalue weighted by atomic mass is 16.5. The molecule has 2 aromatic rings. The van der Waals surface area contributed by atoms with Gasteiger partial charge in [-0.2, -0.15) is 4.98 Å². The Bertz CT molecular complexity index is 422. The second kappa shape index (κ2) is 3.43. The summed E-state index contributed by atoms with van der Waals surface area (Å²) in [5.74, 6) is 0.413. The normalized spacial score (nSPS) is 10.4. The minimum absolute atomic E-state index is 0.102. The largest absolute Gasteiger partial charge is 0.365 e. The van der Waals surface area contributed by atoms with E-state index in [1.54, 1.807) is 12.3 Å². The summed E-state index contributed by atoms with van der Waals surface area (Å²) in [4.78, 5) is 7.94. The molecule has 2 aromatic heterocycles. The fraction of sp³-hybridized carbons (Fsp3) is 0.125. The van der Waals surface area contributed by atoms with Gasteiger partial charge in [-0.25, -0.2) is 0 Å². The van der Waals surface area contributed by atoms with Crippen molar-refractivity contribution in [3.8, 4) is 11.6 Å². The lowest BCUT2D eigenvalue weighted by Gasteiger charge is -1.95. The van der Waals surface area contributed by atoms with E-state index in [-0.39, 0.29) is 5.95 Å². The zero-order chi connectivity index (χ0) is 9.97. The van der Waals surface area contributed by atoms with E-state index >= 15 is 0 Å². The summed E-state index contributed by atoms with van der Waals surface area (Å²) in [5.41, 5.74) is 12.3. The van der Waals surface area contributed by atoms with E-state index in [1.165, 1.54) is 0 Å². The minimum Gasteiger partial charge on any atom is -0.365 e. The molecule has 0 aliphatic carbocycles. The summed E-state index contributed by atoms with van der Waals surface area (Å²) in [6.07, 6.45) is 1.66. The number of nitrogen functional groups attached to an aromatic ring is 1. The van der Waals surface area contributed by atoms with Gasteiger partial charge in [0.05, 0.1) is 0 Å². The molecule has 0 radical (unpaired) electrons. The molecule has 4 N–H and O–H groups in total. The summed E-state index contributed by atoms with van der Waals surface area (Å²) in [6, 6.07) is 3.61. The van der Waals surface area contributed by atoms with Crippen LogP contribution in [0.3, 0.4) is 0 Å². The molecule has 0 fully saturated rings. The SMILES string of the molecule is NCc1ccc(-c2nc(N)no2)nc1. The summed E-state index contributed by atoms with van der Waals surface area (Å²) < 4.78 is 4.84. The van der Waals surface area contributed by atoms with Gasteiger partial charge >= 0.3 is 0 Å². The number of nitrogens with two attached hydrogens (primary N) is 2. The first-order valence-electron chi connectivity index (χ1n) is 4.04. The number of pyridine rings is 1. The van der Waals surface area contributed by atoms with Gasteiger partial charge in [0.2, 0.25) is 0 Å². The zero-order valence-corrected chi connectivity index (χ0v) is 7.34. The van der Waals surface area contributed by atoms with E-state index in [0.717, 1.165) is 5.56 Å². The highest BCUT2D eigenvalue weighted by molar-refractivity contribution is 5.47. The van der Waals surface area contributed by atoms with Crippen molar-refractivity contribution in [3.63, 3.8) is 0 Å². The maximum atomic E-state index is 5.43. The molecule has 0 saturated carbocycles. The van der Waals surface area contributed by atoms with Crippen LogP contribution in [0.25, 0.3) is 11.6 Å². The van der Waals surface area contributed by atoms with Crippen molar-refractivity contribution in [1.82, 2.24) is 15.1 Å². The molecule has 0 unspecified atom stereocenters. The van der Waals surface area contributed by atoms with E-state index in [9.17, 15) is 0 Å². The van der Waals surface area contributed by atoms with Crippen LogP contribution in [-0.2, 0) is 6.54 Å². The van der Waals surface area contributed by atoms with Gasteiger partial charge in [0.25, 0.3) is 11.8 Å². The van der Waals surface area contributed by atoms with Gasteiger partial charge in [0.1, 0.15) is 5.69 Å². The molecule has 0 amide bonds. The molecule has 14 heavy (non-hydrogen) atoms. The van der Waals surface area contributed by atoms with E-state index in [4.69, 9.17) is 16.0 Å². The minimum atomic E-state index is 0.102. The van der Waals surface area contributed by atoms with Crippen LogP contribution in [-0.4, -0.2) is 15.1 Å². The molecule has 0 bridgehead atoms. The molecule has 2 rings (SSSR count). The number of aromatic nitrogens is 3. The van der Waals surface area contributed by atoms with Gasteiger partial charge in [-0.1, -0.05) is 6.07 Å². The molecule has 0 spiro atoms. The van der Waals surface area contributed by atoms with E-state index in [2.05, 4.69) is 15.1 Å². The monoisotopic (exact) mass is 191 g/mol. The maximum absolute atomic E-state index is 5.43. The van der Waals surface area contributed by atoms with Gasteiger partial charge in [-0.05, 0) is 16.8 Å². The van der Waals surface area contributed by atoms with Crippen molar-refractivity contribution >= 4 is 5.95 Å². The Balaban J connectivity index is 2.33. The Morgan fingerprint density at radius 1 is 1.36 bits per heavy atom. The molecule has 6 nitrogen and oxygen atoms in total. The van der Waals surface area contributed by atoms with Crippen molar-refractivity contribution in [2.45, 2.75) is 6.54 Å². The number of rotatable bonds is 2. The Kier molecular flexibility index (Phi) is 2.11. The predicted octanol–water partition coefficient (Wildman–Crippen LogP) is 0.172. The average Bonchev–Trinajstić information content (AvgIpc) is 2.65. The fourth-order valence-corrected chi connectivity index (χ4v) is 1.01. The third-order valence-electron chi connectivity index (χ3n) is 1.72. The Hall–Kier alpha value is -1.95. The van der Waals surface area contributed by atoms with Crippen LogP contribution in [0, 0.1) is 0 Å². The van der Waals surface area contributed by atoms with Crippen LogP contribution in [0.15, 0.2) is 22.9 Å². The standard InChI is InChI=1S/C8H9N5O/c9-3-5-1-2-6(11-4-5)7-12-8(10)13-14-7/h1-2,4H,3,9H2,(H2,10,13). The van der Waals surface area contributed by atoms with Crippen LogP contribution in [0.2, 0.25) is 0 Å². The average molecular weight is 191 g/mol. The highest BCUT2D eigenvalue weighted by Crippen LogP contribution is 2.14. The van der Waals surface area contributed by atoms with Crippen molar-refractivity contribution in [1.29, 1.82) is 0 Å². The summed E-state index contributed by atoms with van der Waals surface area (Å²) >= 11 is 0. The van der Waals surface area contributed by atoms with Gasteiger partial charge in [0.15, 0.2) is 0 Å². The molecule has 0 aliphatic rings. The fourth-order valence-electron chi connectivity index (χ4n) is 1.01. The lowest BCUT2D eigenvalue weighted by atomic mass is 10.2. The Morgan fingerprint density at radius 2 is 2.21 bits per heavy atom. The molecular formula is C8H9N5O. The molecule has 0 atom stereocenters. The first kappa shape index (κ1) is 8.64. The van der Waals surface area contributed by atoms with Crippen molar-refractivity contribution in [3.05, 3.63) is 23.9 Å². The zero-order valence-electron chi connectivity index (χ0n) is 7.34. The third kappa shape index (κ3) is 1.55. The summed E-state index contributed by atoms with van der Waals surface area (Å²) in [7, 11) is 0. The van der Waals surface area contributed by atoms with Gasteiger partial charge in [-0.3, -0.25) is 4.98 Å². The molecule has 72 valence electrons.